The molecule has 0 fully saturated rings. The normalized spacial score (nSPS) is 13.0. The molecule has 0 aliphatic rings. The highest BCUT2D eigenvalue weighted by Gasteiger charge is 2.27. The molecule has 1 heterocycles. The number of aryl methyl sites for hydroxylation is 1. The third-order valence-corrected chi connectivity index (χ3v) is 2.23. The van der Waals surface area contributed by atoms with Crippen LogP contribution in [0.2, 0.25) is 0 Å². The van der Waals surface area contributed by atoms with Crippen molar-refractivity contribution >= 4 is 0 Å². The summed E-state index contributed by atoms with van der Waals surface area (Å²) < 4.78 is 26.3. The fraction of sp³-hybridized carbons (Fsp3) is 0.583. The van der Waals surface area contributed by atoms with Gasteiger partial charge in [-0.05, 0) is 19.1 Å². The van der Waals surface area contributed by atoms with Gasteiger partial charge in [0.25, 0.3) is 5.92 Å². The molecular formula is C12H17F2N. The van der Waals surface area contributed by atoms with Crippen LogP contribution in [0.25, 0.3) is 0 Å². The number of pyridine rings is 1. The maximum atomic E-state index is 13.2. The van der Waals surface area contributed by atoms with Crippen molar-refractivity contribution in [3.8, 4) is 0 Å². The van der Waals surface area contributed by atoms with Gasteiger partial charge >= 0.3 is 0 Å². The molecule has 84 valence electrons. The first-order chi connectivity index (χ1) is 6.60. The molecule has 0 aliphatic heterocycles. The Morgan fingerprint density at radius 3 is 2.00 bits per heavy atom. The fourth-order valence-corrected chi connectivity index (χ4v) is 1.31. The van der Waals surface area contributed by atoms with E-state index < -0.39 is 5.92 Å². The van der Waals surface area contributed by atoms with Gasteiger partial charge in [0.15, 0.2) is 0 Å². The van der Waals surface area contributed by atoms with Crippen LogP contribution in [-0.2, 0) is 11.3 Å². The molecular weight excluding hydrogens is 196 g/mol. The van der Waals surface area contributed by atoms with Gasteiger partial charge in [-0.3, -0.25) is 4.98 Å². The van der Waals surface area contributed by atoms with Crippen LogP contribution in [0.15, 0.2) is 12.1 Å². The molecule has 1 rings (SSSR count). The Kier molecular flexibility index (Phi) is 2.85. The topological polar surface area (TPSA) is 12.9 Å². The molecule has 1 nitrogen and oxygen atoms in total. The van der Waals surface area contributed by atoms with E-state index in [0.29, 0.717) is 11.4 Å². The van der Waals surface area contributed by atoms with Crippen LogP contribution in [0.5, 0.6) is 0 Å². The fourth-order valence-electron chi connectivity index (χ4n) is 1.31. The van der Waals surface area contributed by atoms with Crippen LogP contribution in [0.3, 0.4) is 0 Å². The minimum Gasteiger partial charge on any atom is -0.258 e. The number of hydrogen-bond donors (Lipinski definition) is 0. The van der Waals surface area contributed by atoms with Crippen molar-refractivity contribution in [1.29, 1.82) is 0 Å². The molecule has 0 aromatic carbocycles. The number of aromatic nitrogens is 1. The molecule has 0 spiro atoms. The van der Waals surface area contributed by atoms with Gasteiger partial charge in [-0.1, -0.05) is 20.8 Å². The molecule has 0 radical (unpaired) electrons. The molecule has 0 aliphatic carbocycles. The van der Waals surface area contributed by atoms with Gasteiger partial charge in [0.2, 0.25) is 0 Å². The molecule has 0 atom stereocenters. The predicted octanol–water partition coefficient (Wildman–Crippen LogP) is 3.80. The first-order valence-corrected chi connectivity index (χ1v) is 4.98. The molecule has 1 aromatic rings. The quantitative estimate of drug-likeness (QED) is 0.691. The van der Waals surface area contributed by atoms with Crippen molar-refractivity contribution in [1.82, 2.24) is 4.98 Å². The molecule has 0 amide bonds. The summed E-state index contributed by atoms with van der Waals surface area (Å²) >= 11 is 0. The van der Waals surface area contributed by atoms with E-state index in [4.69, 9.17) is 0 Å². The number of alkyl halides is 2. The molecule has 0 N–H and O–H groups in total. The lowest BCUT2D eigenvalue weighted by molar-refractivity contribution is 0.0171. The molecule has 15 heavy (non-hydrogen) atoms. The molecule has 1 aromatic heterocycles. The number of halogens is 2. The summed E-state index contributed by atoms with van der Waals surface area (Å²) in [5, 5.41) is 0. The largest absolute Gasteiger partial charge is 0.270 e. The molecule has 0 unspecified atom stereocenters. The second-order valence-corrected chi connectivity index (χ2v) is 5.02. The van der Waals surface area contributed by atoms with Gasteiger partial charge in [-0.15, -0.1) is 0 Å². The minimum absolute atomic E-state index is 0.0416. The maximum Gasteiger partial charge on any atom is 0.270 e. The zero-order valence-corrected chi connectivity index (χ0v) is 9.86. The zero-order valence-electron chi connectivity index (χ0n) is 9.86. The van der Waals surface area contributed by atoms with Crippen LogP contribution < -0.4 is 0 Å². The van der Waals surface area contributed by atoms with Crippen molar-refractivity contribution in [3.05, 3.63) is 29.1 Å². The van der Waals surface area contributed by atoms with Crippen molar-refractivity contribution in [3.63, 3.8) is 0 Å². The van der Waals surface area contributed by atoms with E-state index in [1.807, 2.05) is 20.8 Å². The maximum absolute atomic E-state index is 13.2. The van der Waals surface area contributed by atoms with Gasteiger partial charge in [-0.25, -0.2) is 8.78 Å². The Hall–Kier alpha value is -0.990. The van der Waals surface area contributed by atoms with Gasteiger partial charge in [-0.2, -0.15) is 0 Å². The number of rotatable bonds is 1. The lowest BCUT2D eigenvalue weighted by Gasteiger charge is -2.21. The van der Waals surface area contributed by atoms with Crippen LogP contribution in [0.1, 0.15) is 44.6 Å². The Morgan fingerprint density at radius 2 is 1.60 bits per heavy atom. The predicted molar refractivity (Wildman–Crippen MR) is 57.2 cm³/mol. The highest BCUT2D eigenvalue weighted by Crippen LogP contribution is 2.30. The monoisotopic (exact) mass is 213 g/mol. The van der Waals surface area contributed by atoms with Gasteiger partial charge in [0.05, 0.1) is 0 Å². The van der Waals surface area contributed by atoms with Crippen molar-refractivity contribution < 1.29 is 8.78 Å². The summed E-state index contributed by atoms with van der Waals surface area (Å²) in [7, 11) is 0. The second-order valence-electron chi connectivity index (χ2n) is 5.02. The average molecular weight is 213 g/mol. The minimum atomic E-state index is -2.80. The van der Waals surface area contributed by atoms with Crippen LogP contribution in [-0.4, -0.2) is 4.98 Å². The first-order valence-electron chi connectivity index (χ1n) is 4.98. The van der Waals surface area contributed by atoms with Gasteiger partial charge < -0.3 is 0 Å². The smallest absolute Gasteiger partial charge is 0.258 e. The number of nitrogens with zero attached hydrogens (tertiary/aromatic N) is 1. The van der Waals surface area contributed by atoms with E-state index in [9.17, 15) is 8.78 Å². The van der Waals surface area contributed by atoms with E-state index in [1.54, 1.807) is 6.92 Å². The Balaban J connectivity index is 3.30. The van der Waals surface area contributed by atoms with E-state index in [-0.39, 0.29) is 11.0 Å². The molecule has 0 bridgehead atoms. The summed E-state index contributed by atoms with van der Waals surface area (Å²) in [5.41, 5.74) is 1.18. The third-order valence-electron chi connectivity index (χ3n) is 2.23. The lowest BCUT2D eigenvalue weighted by Crippen LogP contribution is -2.17. The van der Waals surface area contributed by atoms with E-state index in [1.165, 1.54) is 12.1 Å². The molecule has 0 saturated heterocycles. The summed E-state index contributed by atoms with van der Waals surface area (Å²) in [5.74, 6) is -2.80. The first kappa shape index (κ1) is 12.1. The zero-order chi connectivity index (χ0) is 11.9. The van der Waals surface area contributed by atoms with Gasteiger partial charge in [0, 0.05) is 29.3 Å². The summed E-state index contributed by atoms with van der Waals surface area (Å²) in [6.07, 6.45) is 0. The molecule has 0 saturated carbocycles. The van der Waals surface area contributed by atoms with Crippen LogP contribution in [0, 0.1) is 6.92 Å². The van der Waals surface area contributed by atoms with Gasteiger partial charge in [0.1, 0.15) is 0 Å². The summed E-state index contributed by atoms with van der Waals surface area (Å²) in [6, 6.07) is 2.93. The summed E-state index contributed by atoms with van der Waals surface area (Å²) in [6.45, 7) is 8.55. The van der Waals surface area contributed by atoms with Crippen molar-refractivity contribution in [2.24, 2.45) is 0 Å². The van der Waals surface area contributed by atoms with Crippen LogP contribution >= 0.6 is 0 Å². The average Bonchev–Trinajstić information content (AvgIpc) is 1.99. The Bertz CT molecular complexity index is 327. The standard InChI is InChI=1S/C12H17F2N/c1-8-6-9(12(5,13)14)7-10(15-8)11(2,3)4/h6-7H,1-5H3. The lowest BCUT2D eigenvalue weighted by atomic mass is 9.90. The molecule has 3 heteroatoms. The van der Waals surface area contributed by atoms with E-state index in [0.717, 1.165) is 6.92 Å². The Labute approximate surface area is 89.5 Å². The summed E-state index contributed by atoms with van der Waals surface area (Å²) in [4.78, 5) is 4.29. The highest BCUT2D eigenvalue weighted by atomic mass is 19.3. The van der Waals surface area contributed by atoms with Crippen LogP contribution in [0.4, 0.5) is 8.78 Å². The van der Waals surface area contributed by atoms with E-state index >= 15 is 0 Å². The highest BCUT2D eigenvalue weighted by molar-refractivity contribution is 5.27. The SMILES string of the molecule is Cc1cc(C(C)(F)F)cc(C(C)(C)C)n1. The third kappa shape index (κ3) is 2.98. The van der Waals surface area contributed by atoms with Crippen molar-refractivity contribution in [2.45, 2.75) is 46.0 Å². The second kappa shape index (κ2) is 3.54. The van der Waals surface area contributed by atoms with Crippen molar-refractivity contribution in [2.75, 3.05) is 0 Å². The van der Waals surface area contributed by atoms with E-state index in [2.05, 4.69) is 4.98 Å². The number of hydrogen-bond acceptors (Lipinski definition) is 1. The Morgan fingerprint density at radius 1 is 1.07 bits per heavy atom.